The summed E-state index contributed by atoms with van der Waals surface area (Å²) in [5.74, 6) is 0.130. The first-order chi connectivity index (χ1) is 18.7. The summed E-state index contributed by atoms with van der Waals surface area (Å²) in [6.07, 6.45) is 1.06. The zero-order valence-electron chi connectivity index (χ0n) is 21.1. The van der Waals surface area contributed by atoms with Gasteiger partial charge < -0.3 is 15.4 Å². The van der Waals surface area contributed by atoms with Crippen LogP contribution in [0.2, 0.25) is 0 Å². The van der Waals surface area contributed by atoms with Gasteiger partial charge in [0, 0.05) is 24.0 Å². The first-order valence-corrected chi connectivity index (χ1v) is 11.6. The average molecular weight is 540 g/mol. The van der Waals surface area contributed by atoms with Crippen LogP contribution in [0.3, 0.4) is 0 Å². The number of aryl methyl sites for hydroxylation is 1. The van der Waals surface area contributed by atoms with Crippen molar-refractivity contribution < 1.29 is 27.5 Å². The topological polar surface area (TPSA) is 123 Å². The minimum Gasteiger partial charge on any atom is -0.494 e. The number of pyridine rings is 2. The number of carbonyl (C=O) groups excluding carboxylic acids is 1. The summed E-state index contributed by atoms with van der Waals surface area (Å²) in [6.45, 7) is 3.79. The molecule has 10 nitrogen and oxygen atoms in total. The number of ether oxygens (including phenoxy) is 1. The van der Waals surface area contributed by atoms with E-state index in [1.54, 1.807) is 31.5 Å². The van der Waals surface area contributed by atoms with Crippen LogP contribution in [0.5, 0.6) is 5.75 Å². The molecule has 0 radical (unpaired) electrons. The minimum absolute atomic E-state index is 0.141. The van der Waals surface area contributed by atoms with Crippen molar-refractivity contribution in [2.75, 3.05) is 24.4 Å². The molecule has 0 aliphatic rings. The minimum atomic E-state index is -4.55. The number of nitrogens with one attached hydrogen (secondary N) is 3. The number of halogens is 3. The Bertz CT molecular complexity index is 1450. The third kappa shape index (κ3) is 6.57. The number of methoxy groups -OCH3 is 1. The number of hydrogen-bond donors (Lipinski definition) is 3. The van der Waals surface area contributed by atoms with Crippen molar-refractivity contribution in [3.63, 3.8) is 0 Å². The van der Waals surface area contributed by atoms with Crippen molar-refractivity contribution in [1.29, 1.82) is 0 Å². The number of alkyl halides is 3. The van der Waals surface area contributed by atoms with Crippen LogP contribution in [0.4, 0.5) is 36.1 Å². The van der Waals surface area contributed by atoms with Gasteiger partial charge in [0.2, 0.25) is 0 Å². The Morgan fingerprint density at radius 1 is 0.949 bits per heavy atom. The third-order valence-electron chi connectivity index (χ3n) is 5.33. The smallest absolute Gasteiger partial charge is 0.433 e. The van der Waals surface area contributed by atoms with Gasteiger partial charge >= 0.3 is 6.18 Å². The lowest BCUT2D eigenvalue weighted by atomic mass is 10.1. The van der Waals surface area contributed by atoms with Gasteiger partial charge in [-0.15, -0.1) is 0 Å². The van der Waals surface area contributed by atoms with Crippen LogP contribution in [0.25, 0.3) is 11.3 Å². The van der Waals surface area contributed by atoms with Gasteiger partial charge in [0.15, 0.2) is 5.75 Å². The number of carbonyl (C=O) groups is 1. The molecule has 202 valence electrons. The highest BCUT2D eigenvalue weighted by Crippen LogP contribution is 2.38. The van der Waals surface area contributed by atoms with Crippen LogP contribution in [-0.2, 0) is 11.0 Å². The van der Waals surface area contributed by atoms with Gasteiger partial charge in [0.25, 0.3) is 5.91 Å². The highest BCUT2D eigenvalue weighted by molar-refractivity contribution is 6.00. The van der Waals surface area contributed by atoms with Gasteiger partial charge in [0.05, 0.1) is 60.1 Å². The first-order valence-electron chi connectivity index (χ1n) is 11.6. The summed E-state index contributed by atoms with van der Waals surface area (Å²) in [6, 6.07) is 8.97. The van der Waals surface area contributed by atoms with Gasteiger partial charge in [0.1, 0.15) is 11.5 Å². The summed E-state index contributed by atoms with van der Waals surface area (Å²) in [4.78, 5) is 34.2. The van der Waals surface area contributed by atoms with Crippen molar-refractivity contribution in [3.05, 3.63) is 78.1 Å². The number of nitrogens with zero attached hydrogens (tertiary/aromatic N) is 4. The van der Waals surface area contributed by atoms with E-state index in [0.29, 0.717) is 28.4 Å². The molecule has 39 heavy (non-hydrogen) atoms. The molecule has 4 rings (SSSR count). The number of hydroxylamine groups is 1. The molecule has 0 aliphatic carbocycles. The van der Waals surface area contributed by atoms with E-state index in [2.05, 4.69) is 36.0 Å². The van der Waals surface area contributed by atoms with Crippen molar-refractivity contribution in [3.8, 4) is 17.0 Å². The highest BCUT2D eigenvalue weighted by atomic mass is 19.4. The highest BCUT2D eigenvalue weighted by Gasteiger charge is 2.32. The molecule has 3 aromatic heterocycles. The lowest BCUT2D eigenvalue weighted by molar-refractivity contribution is -0.141. The summed E-state index contributed by atoms with van der Waals surface area (Å²) in [5.41, 5.74) is 4.56. The van der Waals surface area contributed by atoms with E-state index in [0.717, 1.165) is 18.0 Å². The fraction of sp³-hybridized carbons (Fsp3) is 0.192. The number of rotatable bonds is 9. The second-order valence-electron chi connectivity index (χ2n) is 8.09. The molecule has 0 saturated heterocycles. The van der Waals surface area contributed by atoms with Crippen molar-refractivity contribution in [2.45, 2.75) is 20.0 Å². The van der Waals surface area contributed by atoms with Gasteiger partial charge in [-0.1, -0.05) is 6.07 Å². The van der Waals surface area contributed by atoms with Crippen LogP contribution < -0.4 is 20.9 Å². The van der Waals surface area contributed by atoms with E-state index >= 15 is 0 Å². The Hall–Kier alpha value is -4.78. The quantitative estimate of drug-likeness (QED) is 0.239. The number of benzene rings is 1. The standard InChI is InChI=1S/C26H24F3N7O3/c1-4-39-36-25(37)18-13-33-23(34-16-8-9-22(32-12-16)26(27,28)29)10-20(18)35-19-7-5-6-17(24(19)38-3)21-14-30-15(2)11-31-21/h5-14H,4H2,1-3H3,(H,36,37)(H2,33,34,35). The van der Waals surface area contributed by atoms with Gasteiger partial charge in [-0.25, -0.2) is 15.4 Å². The Morgan fingerprint density at radius 3 is 2.41 bits per heavy atom. The average Bonchev–Trinajstić information content (AvgIpc) is 2.92. The lowest BCUT2D eigenvalue weighted by Crippen LogP contribution is -2.24. The molecule has 0 spiro atoms. The zero-order valence-corrected chi connectivity index (χ0v) is 21.1. The van der Waals surface area contributed by atoms with Crippen LogP contribution in [-0.4, -0.2) is 39.6 Å². The van der Waals surface area contributed by atoms with E-state index in [9.17, 15) is 18.0 Å². The second-order valence-corrected chi connectivity index (χ2v) is 8.09. The van der Waals surface area contributed by atoms with Gasteiger partial charge in [-0.3, -0.25) is 19.6 Å². The largest absolute Gasteiger partial charge is 0.494 e. The number of aromatic nitrogens is 4. The molecule has 13 heteroatoms. The molecule has 4 aromatic rings. The van der Waals surface area contributed by atoms with Crippen molar-refractivity contribution in [2.24, 2.45) is 0 Å². The molecule has 0 saturated carbocycles. The molecule has 1 amide bonds. The number of anilines is 4. The van der Waals surface area contributed by atoms with Crippen LogP contribution in [0, 0.1) is 6.92 Å². The first kappa shape index (κ1) is 27.3. The predicted octanol–water partition coefficient (Wildman–Crippen LogP) is 5.44. The van der Waals surface area contributed by atoms with Crippen molar-refractivity contribution in [1.82, 2.24) is 25.4 Å². The Kier molecular flexibility index (Phi) is 8.20. The number of amides is 1. The van der Waals surface area contributed by atoms with Crippen LogP contribution in [0.15, 0.2) is 61.2 Å². The maximum absolute atomic E-state index is 12.9. The van der Waals surface area contributed by atoms with E-state index in [1.807, 2.05) is 13.0 Å². The second kappa shape index (κ2) is 11.7. The normalized spacial score (nSPS) is 11.1. The van der Waals surface area contributed by atoms with Crippen molar-refractivity contribution >= 4 is 28.8 Å². The van der Waals surface area contributed by atoms with E-state index < -0.39 is 17.8 Å². The molecule has 0 unspecified atom stereocenters. The maximum atomic E-state index is 12.9. The third-order valence-corrected chi connectivity index (χ3v) is 5.33. The summed E-state index contributed by atoms with van der Waals surface area (Å²) in [5, 5.41) is 6.09. The fourth-order valence-electron chi connectivity index (χ4n) is 3.52. The van der Waals surface area contributed by atoms with E-state index in [-0.39, 0.29) is 23.7 Å². The number of hydrogen-bond acceptors (Lipinski definition) is 9. The summed E-state index contributed by atoms with van der Waals surface area (Å²) >= 11 is 0. The maximum Gasteiger partial charge on any atom is 0.433 e. The lowest BCUT2D eigenvalue weighted by Gasteiger charge is -2.18. The van der Waals surface area contributed by atoms with Crippen LogP contribution >= 0.6 is 0 Å². The molecule has 3 heterocycles. The SMILES string of the molecule is CCONC(=O)c1cnc(Nc2ccc(C(F)(F)F)nc2)cc1Nc1cccc(-c2cnc(C)cn2)c1OC. The molecule has 0 fully saturated rings. The van der Waals surface area contributed by atoms with Gasteiger partial charge in [-0.05, 0) is 38.1 Å². The Morgan fingerprint density at radius 2 is 1.77 bits per heavy atom. The fourth-order valence-corrected chi connectivity index (χ4v) is 3.52. The van der Waals surface area contributed by atoms with Crippen LogP contribution in [0.1, 0.15) is 28.7 Å². The van der Waals surface area contributed by atoms with E-state index in [1.165, 1.54) is 25.4 Å². The van der Waals surface area contributed by atoms with E-state index in [4.69, 9.17) is 9.57 Å². The summed E-state index contributed by atoms with van der Waals surface area (Å²) < 4.78 is 44.3. The predicted molar refractivity (Wildman–Crippen MR) is 138 cm³/mol. The molecular weight excluding hydrogens is 515 g/mol. The Balaban J connectivity index is 1.70. The monoisotopic (exact) mass is 539 g/mol. The number of para-hydroxylation sites is 1. The molecule has 0 aliphatic heterocycles. The summed E-state index contributed by atoms with van der Waals surface area (Å²) in [7, 11) is 1.51. The molecule has 1 aromatic carbocycles. The molecule has 0 bridgehead atoms. The molecule has 0 atom stereocenters. The van der Waals surface area contributed by atoms with Gasteiger partial charge in [-0.2, -0.15) is 13.2 Å². The molecule has 3 N–H and O–H groups in total. The zero-order chi connectivity index (χ0) is 28.0. The molecular formula is C26H24F3N7O3. The Labute approximate surface area is 221 Å².